The molecule has 0 N–H and O–H groups in total. The van der Waals surface area contributed by atoms with Gasteiger partial charge in [-0.05, 0) is 30.8 Å². The summed E-state index contributed by atoms with van der Waals surface area (Å²) in [5.74, 6) is -0.310. The normalized spacial score (nSPS) is 10.2. The van der Waals surface area contributed by atoms with Crippen LogP contribution in [0.4, 0.5) is 4.39 Å². The van der Waals surface area contributed by atoms with E-state index < -0.39 is 0 Å². The Hall–Kier alpha value is -1.11. The SMILES string of the molecule is CN(CC#N)Cc1cc(F)ccc1Cl. The molecule has 0 unspecified atom stereocenters. The molecule has 4 heteroatoms. The fourth-order valence-electron chi connectivity index (χ4n) is 1.13. The molecule has 0 heterocycles. The monoisotopic (exact) mass is 212 g/mol. The molecule has 0 aliphatic heterocycles. The maximum atomic E-state index is 12.8. The molecule has 0 atom stereocenters. The summed E-state index contributed by atoms with van der Waals surface area (Å²) in [6, 6.07) is 6.23. The van der Waals surface area contributed by atoms with Crippen molar-refractivity contribution in [2.45, 2.75) is 6.54 Å². The minimum Gasteiger partial charge on any atom is -0.289 e. The van der Waals surface area contributed by atoms with E-state index in [2.05, 4.69) is 0 Å². The number of halogens is 2. The van der Waals surface area contributed by atoms with E-state index in [0.29, 0.717) is 23.7 Å². The van der Waals surface area contributed by atoms with Crippen molar-refractivity contribution in [3.63, 3.8) is 0 Å². The van der Waals surface area contributed by atoms with Crippen molar-refractivity contribution in [1.29, 1.82) is 5.26 Å². The van der Waals surface area contributed by atoms with Gasteiger partial charge in [0, 0.05) is 11.6 Å². The second-order valence-corrected chi connectivity index (χ2v) is 3.47. The number of nitrogens with zero attached hydrogens (tertiary/aromatic N) is 2. The molecule has 0 aliphatic rings. The molecule has 0 amide bonds. The lowest BCUT2D eigenvalue weighted by Gasteiger charge is -2.13. The van der Waals surface area contributed by atoms with Crippen LogP contribution >= 0.6 is 11.6 Å². The summed E-state index contributed by atoms with van der Waals surface area (Å²) in [7, 11) is 1.78. The average molecular weight is 213 g/mol. The third-order valence-electron chi connectivity index (χ3n) is 1.79. The molecule has 2 nitrogen and oxygen atoms in total. The summed E-state index contributed by atoms with van der Waals surface area (Å²) in [6.07, 6.45) is 0. The highest BCUT2D eigenvalue weighted by Gasteiger charge is 2.05. The first-order chi connectivity index (χ1) is 6.63. The minimum atomic E-state index is -0.310. The van der Waals surface area contributed by atoms with Crippen molar-refractivity contribution in [2.75, 3.05) is 13.6 Å². The molecule has 1 aromatic rings. The zero-order valence-electron chi connectivity index (χ0n) is 7.80. The van der Waals surface area contributed by atoms with Crippen LogP contribution in [-0.2, 0) is 6.54 Å². The van der Waals surface area contributed by atoms with E-state index in [-0.39, 0.29) is 5.82 Å². The van der Waals surface area contributed by atoms with Gasteiger partial charge in [-0.25, -0.2) is 4.39 Å². The highest BCUT2D eigenvalue weighted by molar-refractivity contribution is 6.31. The third kappa shape index (κ3) is 2.99. The fourth-order valence-corrected chi connectivity index (χ4v) is 1.31. The third-order valence-corrected chi connectivity index (χ3v) is 2.16. The molecule has 1 aromatic carbocycles. The molecule has 0 saturated heterocycles. The van der Waals surface area contributed by atoms with Gasteiger partial charge in [-0.15, -0.1) is 0 Å². The van der Waals surface area contributed by atoms with E-state index >= 15 is 0 Å². The number of rotatable bonds is 3. The zero-order chi connectivity index (χ0) is 10.6. The second kappa shape index (κ2) is 4.94. The van der Waals surface area contributed by atoms with Gasteiger partial charge in [0.25, 0.3) is 0 Å². The van der Waals surface area contributed by atoms with Gasteiger partial charge in [0.1, 0.15) is 5.82 Å². The van der Waals surface area contributed by atoms with Crippen molar-refractivity contribution in [1.82, 2.24) is 4.90 Å². The van der Waals surface area contributed by atoms with Crippen LogP contribution < -0.4 is 0 Å². The molecule has 14 heavy (non-hydrogen) atoms. The van der Waals surface area contributed by atoms with Crippen molar-refractivity contribution >= 4 is 11.6 Å². The van der Waals surface area contributed by atoms with Crippen LogP contribution in [-0.4, -0.2) is 18.5 Å². The van der Waals surface area contributed by atoms with Gasteiger partial charge < -0.3 is 0 Å². The average Bonchev–Trinajstić information content (AvgIpc) is 2.12. The van der Waals surface area contributed by atoms with E-state index in [1.165, 1.54) is 18.2 Å². The Balaban J connectivity index is 2.76. The standard InChI is InChI=1S/C10H10ClFN2/c1-14(5-4-13)7-8-6-9(12)2-3-10(8)11/h2-3,6H,5,7H2,1H3. The quantitative estimate of drug-likeness (QED) is 0.720. The Morgan fingerprint density at radius 2 is 2.29 bits per heavy atom. The van der Waals surface area contributed by atoms with Crippen LogP contribution in [0, 0.1) is 17.1 Å². The summed E-state index contributed by atoms with van der Waals surface area (Å²) in [5, 5.41) is 8.96. The Labute approximate surface area is 87.5 Å². The lowest BCUT2D eigenvalue weighted by atomic mass is 10.2. The molecule has 0 radical (unpaired) electrons. The molecule has 0 aromatic heterocycles. The molecule has 0 aliphatic carbocycles. The van der Waals surface area contributed by atoms with Crippen molar-refractivity contribution in [3.05, 3.63) is 34.6 Å². The molecule has 0 fully saturated rings. The van der Waals surface area contributed by atoms with Gasteiger partial charge in [0.05, 0.1) is 12.6 Å². The van der Waals surface area contributed by atoms with Gasteiger partial charge in [-0.2, -0.15) is 5.26 Å². The van der Waals surface area contributed by atoms with Crippen molar-refractivity contribution in [3.8, 4) is 6.07 Å². The molecule has 1 rings (SSSR count). The second-order valence-electron chi connectivity index (χ2n) is 3.07. The number of benzene rings is 1. The van der Waals surface area contributed by atoms with Crippen molar-refractivity contribution < 1.29 is 4.39 Å². The smallest absolute Gasteiger partial charge is 0.123 e. The van der Waals surface area contributed by atoms with Gasteiger partial charge in [-0.3, -0.25) is 4.90 Å². The Bertz CT molecular complexity index is 360. The summed E-state index contributed by atoms with van der Waals surface area (Å²) >= 11 is 5.86. The summed E-state index contributed by atoms with van der Waals surface area (Å²) in [4.78, 5) is 1.76. The molecular weight excluding hydrogens is 203 g/mol. The van der Waals surface area contributed by atoms with Crippen LogP contribution in [0.25, 0.3) is 0 Å². The van der Waals surface area contributed by atoms with Gasteiger partial charge >= 0.3 is 0 Å². The van der Waals surface area contributed by atoms with Gasteiger partial charge in [-0.1, -0.05) is 11.6 Å². The molecule has 0 bridgehead atoms. The predicted octanol–water partition coefficient (Wildman–Crippen LogP) is 2.43. The highest BCUT2D eigenvalue weighted by atomic mass is 35.5. The Morgan fingerprint density at radius 1 is 1.57 bits per heavy atom. The van der Waals surface area contributed by atoms with E-state index in [1.807, 2.05) is 6.07 Å². The van der Waals surface area contributed by atoms with Gasteiger partial charge in [0.2, 0.25) is 0 Å². The van der Waals surface area contributed by atoms with E-state index in [4.69, 9.17) is 16.9 Å². The molecule has 0 spiro atoms. The first-order valence-corrected chi connectivity index (χ1v) is 4.50. The van der Waals surface area contributed by atoms with Crippen LogP contribution in [0.1, 0.15) is 5.56 Å². The fraction of sp³-hybridized carbons (Fsp3) is 0.300. The topological polar surface area (TPSA) is 27.0 Å². The lowest BCUT2D eigenvalue weighted by Crippen LogP contribution is -2.18. The number of hydrogen-bond donors (Lipinski definition) is 0. The van der Waals surface area contributed by atoms with Gasteiger partial charge in [0.15, 0.2) is 0 Å². The number of nitriles is 1. The first-order valence-electron chi connectivity index (χ1n) is 4.13. The van der Waals surface area contributed by atoms with E-state index in [9.17, 15) is 4.39 Å². The zero-order valence-corrected chi connectivity index (χ0v) is 8.55. The highest BCUT2D eigenvalue weighted by Crippen LogP contribution is 2.18. The minimum absolute atomic E-state index is 0.298. The van der Waals surface area contributed by atoms with E-state index in [1.54, 1.807) is 11.9 Å². The predicted molar refractivity (Wildman–Crippen MR) is 53.4 cm³/mol. The number of hydrogen-bond acceptors (Lipinski definition) is 2. The summed E-state index contributed by atoms with van der Waals surface area (Å²) in [5.41, 5.74) is 0.699. The molecule has 74 valence electrons. The molecular formula is C10H10ClFN2. The lowest BCUT2D eigenvalue weighted by molar-refractivity contribution is 0.367. The maximum Gasteiger partial charge on any atom is 0.123 e. The first kappa shape index (κ1) is 11.0. The largest absolute Gasteiger partial charge is 0.289 e. The van der Waals surface area contributed by atoms with Crippen LogP contribution in [0.2, 0.25) is 5.02 Å². The van der Waals surface area contributed by atoms with Crippen molar-refractivity contribution in [2.24, 2.45) is 0 Å². The summed E-state index contributed by atoms with van der Waals surface area (Å²) < 4.78 is 12.8. The summed E-state index contributed by atoms with van der Waals surface area (Å²) in [6.45, 7) is 0.775. The van der Waals surface area contributed by atoms with Crippen LogP contribution in [0.5, 0.6) is 0 Å². The van der Waals surface area contributed by atoms with Crippen LogP contribution in [0.3, 0.4) is 0 Å². The Kier molecular flexibility index (Phi) is 3.87. The molecule has 0 saturated carbocycles. The maximum absolute atomic E-state index is 12.8. The van der Waals surface area contributed by atoms with Crippen LogP contribution in [0.15, 0.2) is 18.2 Å². The Morgan fingerprint density at radius 3 is 2.93 bits per heavy atom. The van der Waals surface area contributed by atoms with E-state index in [0.717, 1.165) is 0 Å².